The number of carbonyl (C=O) groups excluding carboxylic acids is 3. The minimum Gasteiger partial charge on any atom is -0.453 e. The van der Waals surface area contributed by atoms with Gasteiger partial charge in [0.2, 0.25) is 0 Å². The second-order valence-corrected chi connectivity index (χ2v) is 36.3. The fraction of sp³-hybridized carbons (Fsp3) is 0.462. The van der Waals surface area contributed by atoms with Gasteiger partial charge in [0.15, 0.2) is 33.5 Å². The maximum Gasteiger partial charge on any atom is 0.343 e. The number of rotatable bonds is 38. The Balaban J connectivity index is 0.000000210. The molecule has 15 heteroatoms. The molecule has 7 aromatic carbocycles. The number of benzene rings is 9. The zero-order chi connectivity index (χ0) is 84.6. The van der Waals surface area contributed by atoms with Gasteiger partial charge in [0.05, 0.1) is 16.7 Å². The number of nitrogens with zero attached hydrogens (tertiary/aromatic N) is 4. The van der Waals surface area contributed by atoms with E-state index < -0.39 is 28.6 Å². The second kappa shape index (κ2) is 44.3. The highest BCUT2D eigenvalue weighted by atomic mass is 32.2. The normalized spacial score (nSPS) is 16.5. The average molecular weight is 1650 g/mol. The Labute approximate surface area is 723 Å². The Bertz CT molecular complexity index is 5210. The summed E-state index contributed by atoms with van der Waals surface area (Å²) in [6.07, 6.45) is 39.1. The number of nitrogens with one attached hydrogen (secondary N) is 2. The number of amides is 2. The van der Waals surface area contributed by atoms with E-state index in [9.17, 15) is 24.0 Å². The lowest BCUT2D eigenvalue weighted by atomic mass is 9.77. The molecule has 3 heterocycles. The number of fused-ring (bicyclic) bond motifs is 5. The number of anilines is 4. The van der Waals surface area contributed by atoms with Gasteiger partial charge in [-0.3, -0.25) is 19.2 Å². The van der Waals surface area contributed by atoms with Crippen molar-refractivity contribution in [1.29, 1.82) is 0 Å². The number of aromatic nitrogens is 2. The maximum atomic E-state index is 13.5. The lowest BCUT2D eigenvalue weighted by molar-refractivity contribution is 0.0734. The van der Waals surface area contributed by atoms with Crippen molar-refractivity contribution in [2.75, 3.05) is 46.6 Å². The van der Waals surface area contributed by atoms with Crippen LogP contribution >= 0.6 is 11.8 Å². The van der Waals surface area contributed by atoms with Crippen LogP contribution in [0.3, 0.4) is 0 Å². The summed E-state index contributed by atoms with van der Waals surface area (Å²) in [6.45, 7) is 22.0. The number of unbranched alkanes of at least 4 members (excludes halogenated alkanes) is 12. The van der Waals surface area contributed by atoms with Gasteiger partial charge < -0.3 is 34.0 Å². The van der Waals surface area contributed by atoms with Crippen LogP contribution in [-0.4, -0.2) is 53.9 Å². The van der Waals surface area contributed by atoms with Crippen LogP contribution in [0, 0.1) is 23.7 Å². The number of carbonyl (C=O) groups is 3. The van der Waals surface area contributed by atoms with E-state index in [2.05, 4.69) is 161 Å². The molecule has 7 aromatic rings. The average Bonchev–Trinajstić information content (AvgIpc) is 0.763. The molecule has 2 fully saturated rings. The Morgan fingerprint density at radius 1 is 0.521 bits per heavy atom. The Kier molecular flexibility index (Phi) is 32.5. The molecule has 2 atom stereocenters. The molecular formula is C106H130N6O8S. The maximum absolute atomic E-state index is 13.5. The van der Waals surface area contributed by atoms with Crippen LogP contribution in [0.5, 0.6) is 5.75 Å². The van der Waals surface area contributed by atoms with Gasteiger partial charge in [-0.15, -0.1) is 0 Å². The molecule has 2 unspecified atom stereocenters. The summed E-state index contributed by atoms with van der Waals surface area (Å²) in [5, 5.41) is 5.72. The minimum absolute atomic E-state index is 0.0315. The van der Waals surface area contributed by atoms with Gasteiger partial charge in [-0.2, -0.15) is 0 Å². The third-order valence-corrected chi connectivity index (χ3v) is 27.0. The zero-order valence-corrected chi connectivity index (χ0v) is 74.2. The summed E-state index contributed by atoms with van der Waals surface area (Å²) in [4.78, 5) is 83.6. The third kappa shape index (κ3) is 24.3. The lowest BCUT2D eigenvalue weighted by Crippen LogP contribution is -2.32. The first-order valence-corrected chi connectivity index (χ1v) is 47.2. The summed E-state index contributed by atoms with van der Waals surface area (Å²) in [5.74, 6) is 3.76. The molecule has 2 saturated carbocycles. The molecule has 3 aliphatic heterocycles. The van der Waals surface area contributed by atoms with Crippen molar-refractivity contribution in [3.63, 3.8) is 0 Å². The highest BCUT2D eigenvalue weighted by Gasteiger charge is 2.28. The first-order valence-electron chi connectivity index (χ1n) is 46.4. The van der Waals surface area contributed by atoms with E-state index in [1.807, 2.05) is 36.4 Å². The zero-order valence-electron chi connectivity index (χ0n) is 73.3. The number of hydrogen-bond donors (Lipinski definition) is 2. The van der Waals surface area contributed by atoms with E-state index in [0.717, 1.165) is 98.4 Å². The van der Waals surface area contributed by atoms with Gasteiger partial charge in [0.1, 0.15) is 28.2 Å². The van der Waals surface area contributed by atoms with E-state index in [1.165, 1.54) is 211 Å². The van der Waals surface area contributed by atoms with Crippen molar-refractivity contribution < 1.29 is 28.0 Å². The van der Waals surface area contributed by atoms with Crippen molar-refractivity contribution >= 4 is 74.5 Å². The smallest absolute Gasteiger partial charge is 0.343 e. The van der Waals surface area contributed by atoms with Gasteiger partial charge in [0.25, 0.3) is 11.8 Å². The first-order chi connectivity index (χ1) is 59.0. The van der Waals surface area contributed by atoms with Crippen molar-refractivity contribution in [3.8, 4) is 39.8 Å². The standard InChI is InChI=1S/C56H69N3O3S.C50H61N3O5/c1-7-11-13-15-41-16-20-42(21-17-41)43-22-24-44(25-23-43)45-26-30-48(31-27-45)63-54-33-47(59(36-38(5)9-3)37-39(6)10-4)32-53-55(54)58-50-34-49(51(60)35-52(50)62-53)56(61)57-46-28-18-40(19-29-46)14-12-8-2;1-3-5-7-8-9-10-11-13-29-53-30-14-16-39-31-43-47(33-45(39)53)58-48-34-46(54)42(32-44(48)52-43)49(55)51-40-25-21-38(22-26-40)50(56)57-41-27-23-37(24-28-41)36-19-17-35(18-20-36)15-12-6-4-2/h18-19,22-35,38-39,41-42H,7-17,20-21,36-37H2,1-6H3,(H,57,61);21-28,31-36H,3-20,29-30H2,1-2H3,(H,51,55). The SMILES string of the molecule is CCCCCC1CCC(c2ccc(-c3ccc(Sc4cc(N(CC(C)CC)CC(C)CC)cc5oc6cc(=O)c(C(=O)Nc7ccc(CCCC)cc7)cc-6nc45)cc3)cc2)CC1.CCCCCCCCCCN1CCCc2cc3nc4cc(C(=O)Nc5ccc(C(=O)Oc6ccc(C7CCC(CCCCC)CC7)cc6)cc5)c(=O)cc-4oc3cc21. The number of hydrogen-bond acceptors (Lipinski definition) is 13. The molecule has 0 spiro atoms. The number of aryl methyl sites for hydroxylation is 2. The first kappa shape index (κ1) is 88.9. The summed E-state index contributed by atoms with van der Waals surface area (Å²) in [6, 6.07) is 54.7. The molecule has 0 radical (unpaired) electrons. The van der Waals surface area contributed by atoms with Gasteiger partial charge >= 0.3 is 5.97 Å². The number of ether oxygens (including phenoxy) is 1. The van der Waals surface area contributed by atoms with Crippen LogP contribution in [0.2, 0.25) is 0 Å². The molecule has 2 amide bonds. The van der Waals surface area contributed by atoms with Crippen LogP contribution in [0.1, 0.15) is 307 Å². The largest absolute Gasteiger partial charge is 0.453 e. The summed E-state index contributed by atoms with van der Waals surface area (Å²) in [7, 11) is 0. The quantitative estimate of drug-likeness (QED) is 0.0162. The van der Waals surface area contributed by atoms with E-state index in [4.69, 9.17) is 23.5 Å². The Hall–Kier alpha value is -9.86. The van der Waals surface area contributed by atoms with Crippen LogP contribution in [0.15, 0.2) is 198 Å². The predicted molar refractivity (Wildman–Crippen MR) is 501 cm³/mol. The summed E-state index contributed by atoms with van der Waals surface area (Å²) < 4.78 is 18.5. The lowest BCUT2D eigenvalue weighted by Gasteiger charge is -2.31. The van der Waals surface area contributed by atoms with Crippen LogP contribution in [0.25, 0.3) is 56.2 Å². The van der Waals surface area contributed by atoms with Gasteiger partial charge in [0, 0.05) is 83.0 Å². The van der Waals surface area contributed by atoms with Crippen LogP contribution < -0.4 is 36.0 Å². The Morgan fingerprint density at radius 3 is 1.58 bits per heavy atom. The Morgan fingerprint density at radius 2 is 1.02 bits per heavy atom. The molecule has 121 heavy (non-hydrogen) atoms. The monoisotopic (exact) mass is 1650 g/mol. The highest BCUT2D eigenvalue weighted by Crippen LogP contribution is 2.44. The van der Waals surface area contributed by atoms with E-state index in [-0.39, 0.29) is 11.1 Å². The fourth-order valence-corrected chi connectivity index (χ4v) is 19.0. The molecular weight excluding hydrogens is 1520 g/mol. The van der Waals surface area contributed by atoms with Gasteiger partial charge in [-0.25, -0.2) is 14.8 Å². The summed E-state index contributed by atoms with van der Waals surface area (Å²) in [5.41, 5.74) is 14.1. The van der Waals surface area contributed by atoms with Gasteiger partial charge in [-0.05, 0) is 237 Å². The van der Waals surface area contributed by atoms with Gasteiger partial charge in [-0.1, -0.05) is 243 Å². The highest BCUT2D eigenvalue weighted by molar-refractivity contribution is 7.99. The molecule has 638 valence electrons. The molecule has 0 aromatic heterocycles. The minimum atomic E-state index is -0.559. The van der Waals surface area contributed by atoms with E-state index in [1.54, 1.807) is 42.1 Å². The fourth-order valence-electron chi connectivity index (χ4n) is 18.0. The number of esters is 1. The molecule has 0 saturated heterocycles. The molecule has 14 rings (SSSR count). The van der Waals surface area contributed by atoms with Crippen molar-refractivity contribution in [2.45, 2.75) is 276 Å². The van der Waals surface area contributed by atoms with Crippen molar-refractivity contribution in [1.82, 2.24) is 9.97 Å². The van der Waals surface area contributed by atoms with Crippen molar-refractivity contribution in [3.05, 3.63) is 229 Å². The van der Waals surface area contributed by atoms with Crippen LogP contribution in [-0.2, 0) is 12.8 Å². The molecule has 0 bridgehead atoms. The van der Waals surface area contributed by atoms with E-state index in [0.29, 0.717) is 91.5 Å². The molecule has 7 aliphatic rings. The summed E-state index contributed by atoms with van der Waals surface area (Å²) >= 11 is 1.67. The molecule has 2 N–H and O–H groups in total. The third-order valence-electron chi connectivity index (χ3n) is 25.9. The molecule has 14 nitrogen and oxygen atoms in total. The van der Waals surface area contributed by atoms with Crippen molar-refractivity contribution in [2.24, 2.45) is 23.7 Å². The van der Waals surface area contributed by atoms with E-state index >= 15 is 0 Å². The molecule has 4 aliphatic carbocycles. The predicted octanol–water partition coefficient (Wildman–Crippen LogP) is 28.0. The van der Waals surface area contributed by atoms with Crippen LogP contribution in [0.4, 0.5) is 22.7 Å². The second-order valence-electron chi connectivity index (χ2n) is 35.2. The topological polar surface area (TPSA) is 177 Å².